The van der Waals surface area contributed by atoms with E-state index in [4.69, 9.17) is 0 Å². The largest absolute Gasteiger partial charge is 0.460 e. The van der Waals surface area contributed by atoms with Crippen molar-refractivity contribution in [3.63, 3.8) is 0 Å². The minimum absolute atomic E-state index is 0.157. The molecule has 22 heavy (non-hydrogen) atoms. The SMILES string of the molecule is CC(C)C(F)(F)C(F)(F)C(F)(F)C(F)(F)C(F)(F)C(F)(F)F. The fourth-order valence-electron chi connectivity index (χ4n) is 1.14. The van der Waals surface area contributed by atoms with Crippen molar-refractivity contribution in [1.29, 1.82) is 0 Å². The van der Waals surface area contributed by atoms with Gasteiger partial charge in [-0.25, -0.2) is 0 Å². The fraction of sp³-hybridized carbons (Fsp3) is 1.00. The summed E-state index contributed by atoms with van der Waals surface area (Å²) in [6.07, 6.45) is -7.37. The molecule has 0 bridgehead atoms. The number of alkyl halides is 13. The monoisotopic (exact) mass is 362 g/mol. The van der Waals surface area contributed by atoms with Crippen LogP contribution >= 0.6 is 0 Å². The van der Waals surface area contributed by atoms with Gasteiger partial charge in [-0.2, -0.15) is 57.1 Å². The van der Waals surface area contributed by atoms with Crippen LogP contribution in [-0.2, 0) is 0 Å². The molecule has 0 aliphatic heterocycles. The summed E-state index contributed by atoms with van der Waals surface area (Å²) in [6.45, 7) is 0.314. The Morgan fingerprint density at radius 3 is 0.955 bits per heavy atom. The Kier molecular flexibility index (Phi) is 4.84. The molecule has 0 rings (SSSR count). The van der Waals surface area contributed by atoms with Crippen LogP contribution in [0, 0.1) is 5.92 Å². The zero-order valence-electron chi connectivity index (χ0n) is 10.5. The zero-order valence-corrected chi connectivity index (χ0v) is 10.5. The highest BCUT2D eigenvalue weighted by molar-refractivity contribution is 5.10. The summed E-state index contributed by atoms with van der Waals surface area (Å²) in [7, 11) is 0. The summed E-state index contributed by atoms with van der Waals surface area (Å²) in [4.78, 5) is 0. The number of hydrogen-bond donors (Lipinski definition) is 0. The smallest absolute Gasteiger partial charge is 0.199 e. The third-order valence-corrected chi connectivity index (χ3v) is 2.68. The summed E-state index contributed by atoms with van der Waals surface area (Å²) < 4.78 is 163. The highest BCUT2D eigenvalue weighted by Crippen LogP contribution is 2.61. The second-order valence-electron chi connectivity index (χ2n) is 4.57. The molecule has 0 amide bonds. The molecule has 0 saturated carbocycles. The molecule has 0 fully saturated rings. The molecule has 0 aliphatic carbocycles. The van der Waals surface area contributed by atoms with Crippen LogP contribution in [0.5, 0.6) is 0 Å². The average molecular weight is 362 g/mol. The summed E-state index contributed by atoms with van der Waals surface area (Å²) in [6, 6.07) is 0. The number of hydrogen-bond acceptors (Lipinski definition) is 0. The van der Waals surface area contributed by atoms with E-state index >= 15 is 0 Å². The molecule has 0 aromatic rings. The molecule has 0 saturated heterocycles. The van der Waals surface area contributed by atoms with E-state index in [-0.39, 0.29) is 13.8 Å². The third-order valence-electron chi connectivity index (χ3n) is 2.68. The lowest BCUT2D eigenvalue weighted by Gasteiger charge is -2.40. The first kappa shape index (κ1) is 21.1. The quantitative estimate of drug-likeness (QED) is 0.576. The normalized spacial score (nSPS) is 16.4. The maximum absolute atomic E-state index is 13.0. The van der Waals surface area contributed by atoms with Gasteiger partial charge in [-0.05, 0) is 0 Å². The lowest BCUT2D eigenvalue weighted by atomic mass is 9.89. The van der Waals surface area contributed by atoms with Crippen molar-refractivity contribution in [3.8, 4) is 0 Å². The number of halogens is 13. The zero-order chi connectivity index (χ0) is 18.6. The molecule has 0 unspecified atom stereocenters. The van der Waals surface area contributed by atoms with E-state index in [1.807, 2.05) is 0 Å². The molecular weight excluding hydrogens is 355 g/mol. The summed E-state index contributed by atoms with van der Waals surface area (Å²) >= 11 is 0. The molecule has 0 atom stereocenters. The van der Waals surface area contributed by atoms with Gasteiger partial charge in [0.05, 0.1) is 0 Å². The van der Waals surface area contributed by atoms with Gasteiger partial charge in [-0.15, -0.1) is 0 Å². The Morgan fingerprint density at radius 2 is 0.727 bits per heavy atom. The van der Waals surface area contributed by atoms with E-state index in [0.717, 1.165) is 0 Å². The molecule has 0 aliphatic rings. The molecule has 0 N–H and O–H groups in total. The van der Waals surface area contributed by atoms with Crippen molar-refractivity contribution in [3.05, 3.63) is 0 Å². The van der Waals surface area contributed by atoms with Crippen molar-refractivity contribution in [1.82, 2.24) is 0 Å². The lowest BCUT2D eigenvalue weighted by Crippen LogP contribution is -2.70. The predicted molar refractivity (Wildman–Crippen MR) is 45.6 cm³/mol. The van der Waals surface area contributed by atoms with Crippen LogP contribution in [0.15, 0.2) is 0 Å². The summed E-state index contributed by atoms with van der Waals surface area (Å²) in [5.41, 5.74) is 0. The van der Waals surface area contributed by atoms with Gasteiger partial charge < -0.3 is 0 Å². The second-order valence-corrected chi connectivity index (χ2v) is 4.57. The van der Waals surface area contributed by atoms with E-state index in [1.165, 1.54) is 0 Å². The Bertz CT molecular complexity index is 402. The highest BCUT2D eigenvalue weighted by atomic mass is 19.4. The second kappa shape index (κ2) is 5.05. The fourth-order valence-corrected chi connectivity index (χ4v) is 1.14. The minimum atomic E-state index is -7.82. The molecule has 0 heterocycles. The highest BCUT2D eigenvalue weighted by Gasteiger charge is 2.90. The van der Waals surface area contributed by atoms with E-state index in [1.54, 1.807) is 0 Å². The molecular formula is C9H7F13. The Balaban J connectivity index is 6.24. The molecule has 0 spiro atoms. The van der Waals surface area contributed by atoms with Crippen LogP contribution in [0.4, 0.5) is 57.1 Å². The van der Waals surface area contributed by atoms with Crippen molar-refractivity contribution in [2.24, 2.45) is 5.92 Å². The van der Waals surface area contributed by atoms with Gasteiger partial charge in [0.1, 0.15) is 0 Å². The number of rotatable bonds is 5. The van der Waals surface area contributed by atoms with Crippen LogP contribution < -0.4 is 0 Å². The first-order chi connectivity index (χ1) is 9.19. The van der Waals surface area contributed by atoms with E-state index in [2.05, 4.69) is 0 Å². The van der Waals surface area contributed by atoms with Crippen LogP contribution in [0.3, 0.4) is 0 Å². The first-order valence-corrected chi connectivity index (χ1v) is 5.15. The Labute approximate surface area is 114 Å². The van der Waals surface area contributed by atoms with Crippen LogP contribution in [0.2, 0.25) is 0 Å². The van der Waals surface area contributed by atoms with Crippen LogP contribution in [-0.4, -0.2) is 35.8 Å². The van der Waals surface area contributed by atoms with Crippen LogP contribution in [0.1, 0.15) is 13.8 Å². The predicted octanol–water partition coefficient (Wildman–Crippen LogP) is 5.38. The minimum Gasteiger partial charge on any atom is -0.199 e. The van der Waals surface area contributed by atoms with Crippen molar-refractivity contribution >= 4 is 0 Å². The third kappa shape index (κ3) is 2.49. The summed E-state index contributed by atoms with van der Waals surface area (Å²) in [5.74, 6) is -39.1. The van der Waals surface area contributed by atoms with Gasteiger partial charge in [0.25, 0.3) is 0 Å². The molecule has 0 radical (unpaired) electrons. The van der Waals surface area contributed by atoms with Gasteiger partial charge in [0.2, 0.25) is 0 Å². The molecule has 0 aromatic carbocycles. The van der Waals surface area contributed by atoms with Crippen molar-refractivity contribution < 1.29 is 57.1 Å². The van der Waals surface area contributed by atoms with Gasteiger partial charge in [0, 0.05) is 5.92 Å². The molecule has 13 heteroatoms. The van der Waals surface area contributed by atoms with Gasteiger partial charge >= 0.3 is 35.8 Å². The van der Waals surface area contributed by atoms with Gasteiger partial charge in [-0.1, -0.05) is 13.8 Å². The Hall–Kier alpha value is -0.910. The van der Waals surface area contributed by atoms with E-state index in [9.17, 15) is 57.1 Å². The van der Waals surface area contributed by atoms with Gasteiger partial charge in [-0.3, -0.25) is 0 Å². The molecule has 0 aromatic heterocycles. The average Bonchev–Trinajstić information content (AvgIpc) is 2.25. The lowest BCUT2D eigenvalue weighted by molar-refractivity contribution is -0.442. The van der Waals surface area contributed by atoms with E-state index < -0.39 is 41.7 Å². The first-order valence-electron chi connectivity index (χ1n) is 5.15. The standard InChI is InChI=1S/C9H7F13/c1-3(2)4(10,11)5(12,13)6(14,15)7(16,17)8(18,19)9(20,21)22/h3H,1-2H3. The molecule has 0 nitrogen and oxygen atoms in total. The summed E-state index contributed by atoms with van der Waals surface area (Å²) in [5, 5.41) is 0. The van der Waals surface area contributed by atoms with Crippen molar-refractivity contribution in [2.75, 3.05) is 0 Å². The Morgan fingerprint density at radius 1 is 0.455 bits per heavy atom. The van der Waals surface area contributed by atoms with Crippen LogP contribution in [0.25, 0.3) is 0 Å². The maximum Gasteiger partial charge on any atom is 0.460 e. The van der Waals surface area contributed by atoms with E-state index in [0.29, 0.717) is 0 Å². The van der Waals surface area contributed by atoms with Gasteiger partial charge in [0.15, 0.2) is 0 Å². The topological polar surface area (TPSA) is 0 Å². The maximum atomic E-state index is 13.0. The van der Waals surface area contributed by atoms with Crippen molar-refractivity contribution in [2.45, 2.75) is 49.6 Å². The molecule has 134 valence electrons.